The Hall–Kier alpha value is -2.93. The number of aliphatic hydroxyl groups is 3. The van der Waals surface area contributed by atoms with Gasteiger partial charge < -0.3 is 45.4 Å². The summed E-state index contributed by atoms with van der Waals surface area (Å²) in [6.07, 6.45) is 10.9. The van der Waals surface area contributed by atoms with Crippen LogP contribution in [0.5, 0.6) is 11.5 Å². The molecule has 1 aliphatic heterocycles. The van der Waals surface area contributed by atoms with E-state index in [-0.39, 0.29) is 0 Å². The molecule has 12 nitrogen and oxygen atoms in total. The fourth-order valence-corrected chi connectivity index (χ4v) is 4.19. The molecular formula is C30H51NO11. The minimum absolute atomic E-state index is 0.348. The molecule has 242 valence electrons. The molecule has 1 aliphatic rings. The lowest BCUT2D eigenvalue weighted by atomic mass is 9.96. The van der Waals surface area contributed by atoms with Gasteiger partial charge in [0.25, 0.3) is 0 Å². The number of ether oxygens (including phenoxy) is 2. The van der Waals surface area contributed by atoms with Gasteiger partial charge >= 0.3 is 17.9 Å². The molecule has 1 aromatic carbocycles. The fourth-order valence-electron chi connectivity index (χ4n) is 4.19. The number of rotatable bonds is 20. The minimum Gasteiger partial charge on any atom is -0.481 e. The Morgan fingerprint density at radius 1 is 0.810 bits per heavy atom. The molecule has 12 heteroatoms. The number of hydrogen-bond donors (Lipinski definition) is 7. The summed E-state index contributed by atoms with van der Waals surface area (Å²) in [5.74, 6) is -3.29. The summed E-state index contributed by atoms with van der Waals surface area (Å²) < 4.78 is 10.6. The SMILES string of the molecule is CCNC(C)Cc1ccc2c(c1)OCO2.O=C(O)CC(O)(CC(=O)O)C(=O)O.OCCCCCCCCCCCCO. The van der Waals surface area contributed by atoms with Crippen molar-refractivity contribution in [3.05, 3.63) is 23.8 Å². The predicted octanol–water partition coefficient (Wildman–Crippen LogP) is 3.58. The normalized spacial score (nSPS) is 12.4. The third kappa shape index (κ3) is 19.2. The molecule has 0 aliphatic carbocycles. The average Bonchev–Trinajstić information content (AvgIpc) is 3.38. The molecule has 0 fully saturated rings. The van der Waals surface area contributed by atoms with E-state index in [0.29, 0.717) is 26.0 Å². The van der Waals surface area contributed by atoms with Crippen molar-refractivity contribution in [1.82, 2.24) is 5.32 Å². The van der Waals surface area contributed by atoms with Gasteiger partial charge in [-0.05, 0) is 50.4 Å². The molecular weight excluding hydrogens is 550 g/mol. The maximum Gasteiger partial charge on any atom is 0.336 e. The standard InChI is InChI=1S/C12H17NO2.C12H26O2.C6H8O7/c1-3-13-9(2)6-10-4-5-11-12(7-10)15-8-14-11;13-11-9-7-5-3-1-2-4-6-8-10-12-14;7-3(8)1-6(13,5(11)12)2-4(9)10/h4-5,7,9,13H,3,6,8H2,1-2H3;13-14H,1-12H2;13H,1-2H2,(H,7,8)(H,9,10)(H,11,12). The number of aliphatic carboxylic acids is 3. The first-order valence-corrected chi connectivity index (χ1v) is 14.7. The highest BCUT2D eigenvalue weighted by atomic mass is 16.7. The van der Waals surface area contributed by atoms with Crippen molar-refractivity contribution in [2.75, 3.05) is 26.6 Å². The van der Waals surface area contributed by atoms with Crippen LogP contribution < -0.4 is 14.8 Å². The van der Waals surface area contributed by atoms with Gasteiger partial charge in [-0.15, -0.1) is 0 Å². The summed E-state index contributed by atoms with van der Waals surface area (Å²) >= 11 is 0. The van der Waals surface area contributed by atoms with Gasteiger partial charge in [0.2, 0.25) is 6.79 Å². The van der Waals surface area contributed by atoms with Gasteiger partial charge in [-0.3, -0.25) is 9.59 Å². The number of benzene rings is 1. The first-order valence-electron chi connectivity index (χ1n) is 14.7. The molecule has 0 radical (unpaired) electrons. The average molecular weight is 602 g/mol. The Balaban J connectivity index is 0.000000603. The smallest absolute Gasteiger partial charge is 0.336 e. The number of likely N-dealkylation sites (N-methyl/N-ethyl adjacent to an activating group) is 1. The second-order valence-electron chi connectivity index (χ2n) is 10.3. The highest BCUT2D eigenvalue weighted by Crippen LogP contribution is 2.32. The Bertz CT molecular complexity index is 866. The van der Waals surface area contributed by atoms with Gasteiger partial charge in [0.1, 0.15) is 0 Å². The first-order chi connectivity index (χ1) is 20.0. The highest BCUT2D eigenvalue weighted by molar-refractivity contribution is 5.88. The molecule has 1 aromatic rings. The van der Waals surface area contributed by atoms with E-state index in [4.69, 9.17) is 40.1 Å². The van der Waals surface area contributed by atoms with Crippen LogP contribution in [0.2, 0.25) is 0 Å². The van der Waals surface area contributed by atoms with Crippen molar-refractivity contribution >= 4 is 17.9 Å². The van der Waals surface area contributed by atoms with E-state index in [9.17, 15) is 14.4 Å². The lowest BCUT2D eigenvalue weighted by molar-refractivity contribution is -0.170. The first kappa shape index (κ1) is 39.1. The van der Waals surface area contributed by atoms with Gasteiger partial charge in [0, 0.05) is 19.3 Å². The molecule has 0 saturated heterocycles. The van der Waals surface area contributed by atoms with Crippen molar-refractivity contribution < 1.29 is 54.5 Å². The van der Waals surface area contributed by atoms with Crippen LogP contribution in [0.25, 0.3) is 0 Å². The Morgan fingerprint density at radius 3 is 1.67 bits per heavy atom. The lowest BCUT2D eigenvalue weighted by Crippen LogP contribution is -2.42. The lowest BCUT2D eigenvalue weighted by Gasteiger charge is -2.18. The Kier molecular flexibility index (Phi) is 22.0. The van der Waals surface area contributed by atoms with E-state index < -0.39 is 36.4 Å². The molecule has 1 unspecified atom stereocenters. The predicted molar refractivity (Wildman–Crippen MR) is 157 cm³/mol. The van der Waals surface area contributed by atoms with Gasteiger partial charge in [-0.1, -0.05) is 64.4 Å². The second-order valence-corrected chi connectivity index (χ2v) is 10.3. The third-order valence-electron chi connectivity index (χ3n) is 6.38. The summed E-state index contributed by atoms with van der Waals surface area (Å²) in [6.45, 7) is 6.36. The number of hydrogen-bond acceptors (Lipinski definition) is 9. The molecule has 0 aromatic heterocycles. The summed E-state index contributed by atoms with van der Waals surface area (Å²) in [6, 6.07) is 6.64. The van der Waals surface area contributed by atoms with E-state index >= 15 is 0 Å². The molecule has 1 heterocycles. The summed E-state index contributed by atoms with van der Waals surface area (Å²) in [5, 5.41) is 54.3. The molecule has 1 atom stereocenters. The molecule has 0 spiro atoms. The van der Waals surface area contributed by atoms with E-state index in [2.05, 4.69) is 31.3 Å². The van der Waals surface area contributed by atoms with Crippen molar-refractivity contribution in [2.45, 2.75) is 109 Å². The number of carbonyl (C=O) groups is 3. The van der Waals surface area contributed by atoms with E-state index in [1.54, 1.807) is 0 Å². The van der Waals surface area contributed by atoms with E-state index in [1.165, 1.54) is 56.9 Å². The largest absolute Gasteiger partial charge is 0.481 e. The van der Waals surface area contributed by atoms with Crippen molar-refractivity contribution in [3.8, 4) is 11.5 Å². The summed E-state index contributed by atoms with van der Waals surface area (Å²) in [5.41, 5.74) is -1.45. The summed E-state index contributed by atoms with van der Waals surface area (Å²) in [7, 11) is 0. The maximum atomic E-state index is 10.3. The molecule has 0 saturated carbocycles. The number of carboxylic acid groups (broad SMARTS) is 3. The molecule has 2 rings (SSSR count). The Morgan fingerprint density at radius 2 is 1.26 bits per heavy atom. The summed E-state index contributed by atoms with van der Waals surface area (Å²) in [4.78, 5) is 30.5. The number of nitrogens with one attached hydrogen (secondary N) is 1. The molecule has 42 heavy (non-hydrogen) atoms. The van der Waals surface area contributed by atoms with Crippen molar-refractivity contribution in [2.24, 2.45) is 0 Å². The van der Waals surface area contributed by atoms with Crippen LogP contribution in [-0.2, 0) is 20.8 Å². The van der Waals surface area contributed by atoms with Crippen LogP contribution in [0.4, 0.5) is 0 Å². The quantitative estimate of drug-likeness (QED) is 0.107. The Labute approximate surface area is 248 Å². The molecule has 0 bridgehead atoms. The van der Waals surface area contributed by atoms with Crippen LogP contribution in [0.15, 0.2) is 18.2 Å². The number of carboxylic acids is 3. The number of fused-ring (bicyclic) bond motifs is 1. The third-order valence-corrected chi connectivity index (χ3v) is 6.38. The van der Waals surface area contributed by atoms with Crippen molar-refractivity contribution in [3.63, 3.8) is 0 Å². The van der Waals surface area contributed by atoms with E-state index in [1.807, 2.05) is 6.07 Å². The zero-order valence-electron chi connectivity index (χ0n) is 25.1. The van der Waals surface area contributed by atoms with Crippen molar-refractivity contribution in [1.29, 1.82) is 0 Å². The van der Waals surface area contributed by atoms with Gasteiger partial charge in [0.15, 0.2) is 17.1 Å². The molecule has 7 N–H and O–H groups in total. The zero-order chi connectivity index (χ0) is 31.8. The van der Waals surface area contributed by atoms with Crippen LogP contribution in [0.3, 0.4) is 0 Å². The highest BCUT2D eigenvalue weighted by Gasteiger charge is 2.40. The van der Waals surface area contributed by atoms with Gasteiger partial charge in [-0.25, -0.2) is 4.79 Å². The monoisotopic (exact) mass is 601 g/mol. The number of aliphatic hydroxyl groups excluding tert-OH is 2. The second kappa shape index (κ2) is 23.6. The maximum absolute atomic E-state index is 10.3. The van der Waals surface area contributed by atoms with Gasteiger partial charge in [0.05, 0.1) is 12.8 Å². The molecule has 0 amide bonds. The van der Waals surface area contributed by atoms with Crippen LogP contribution in [-0.4, -0.2) is 86.7 Å². The van der Waals surface area contributed by atoms with Crippen LogP contribution in [0.1, 0.15) is 96.5 Å². The van der Waals surface area contributed by atoms with E-state index in [0.717, 1.165) is 37.3 Å². The fraction of sp³-hybridized carbons (Fsp3) is 0.700. The number of unbranched alkanes of at least 4 members (excludes halogenated alkanes) is 9. The minimum atomic E-state index is -2.74. The van der Waals surface area contributed by atoms with Gasteiger partial charge in [-0.2, -0.15) is 0 Å². The topological polar surface area (TPSA) is 203 Å². The zero-order valence-corrected chi connectivity index (χ0v) is 25.1. The van der Waals surface area contributed by atoms with Crippen LogP contribution >= 0.6 is 0 Å². The van der Waals surface area contributed by atoms with Crippen LogP contribution in [0, 0.1) is 0 Å².